The van der Waals surface area contributed by atoms with E-state index in [1.165, 1.54) is 41.3 Å². The molecule has 150 valence electrons. The molecule has 0 saturated carbocycles. The lowest BCUT2D eigenvalue weighted by Gasteiger charge is -2.13. The minimum Gasteiger partial charge on any atom is -0.442 e. The van der Waals surface area contributed by atoms with Gasteiger partial charge in [-0.05, 0) is 18.2 Å². The SMILES string of the molecule is CC(=O)NC[C@H]1CN(c2ccc(-c3nc(Cn4cncn4)no3)c(F)c2)C(=O)O1. The molecular formula is C17H16FN7O4. The number of cyclic esters (lactones) is 1. The van der Waals surface area contributed by atoms with E-state index in [2.05, 4.69) is 25.5 Å². The van der Waals surface area contributed by atoms with E-state index < -0.39 is 18.0 Å². The molecule has 1 aliphatic rings. The molecule has 11 nitrogen and oxygen atoms in total. The molecule has 0 unspecified atom stereocenters. The van der Waals surface area contributed by atoms with Crippen molar-refractivity contribution in [3.8, 4) is 11.5 Å². The van der Waals surface area contributed by atoms with Crippen molar-refractivity contribution in [2.75, 3.05) is 18.0 Å². The van der Waals surface area contributed by atoms with Crippen molar-refractivity contribution < 1.29 is 23.2 Å². The van der Waals surface area contributed by atoms with Crippen LogP contribution in [0.5, 0.6) is 0 Å². The standard InChI is InChI=1S/C17H16FN7O4/c1-10(26)20-5-12-6-25(17(27)28-12)11-2-3-13(14(18)4-11)16-22-15(23-29-16)7-24-9-19-8-21-24/h2-4,8-9,12H,5-7H2,1H3,(H,20,26)/t12-/m0/s1. The summed E-state index contributed by atoms with van der Waals surface area (Å²) in [5.74, 6) is -0.524. The van der Waals surface area contributed by atoms with Crippen LogP contribution in [0, 0.1) is 5.82 Å². The van der Waals surface area contributed by atoms with E-state index >= 15 is 0 Å². The highest BCUT2D eigenvalue weighted by molar-refractivity contribution is 5.90. The van der Waals surface area contributed by atoms with Gasteiger partial charge in [0.05, 0.1) is 24.3 Å². The lowest BCUT2D eigenvalue weighted by Crippen LogP contribution is -2.33. The molecule has 1 fully saturated rings. The van der Waals surface area contributed by atoms with Gasteiger partial charge < -0.3 is 14.6 Å². The molecule has 1 N–H and O–H groups in total. The summed E-state index contributed by atoms with van der Waals surface area (Å²) >= 11 is 0. The van der Waals surface area contributed by atoms with Crippen LogP contribution in [0.2, 0.25) is 0 Å². The summed E-state index contributed by atoms with van der Waals surface area (Å²) < 4.78 is 26.5. The van der Waals surface area contributed by atoms with E-state index in [0.29, 0.717) is 11.5 Å². The number of hydrogen-bond acceptors (Lipinski definition) is 8. The molecule has 1 saturated heterocycles. The fourth-order valence-electron chi connectivity index (χ4n) is 2.83. The summed E-state index contributed by atoms with van der Waals surface area (Å²) in [7, 11) is 0. The van der Waals surface area contributed by atoms with Gasteiger partial charge in [0.25, 0.3) is 5.89 Å². The highest BCUT2D eigenvalue weighted by Crippen LogP contribution is 2.28. The van der Waals surface area contributed by atoms with Crippen LogP contribution in [-0.2, 0) is 16.1 Å². The number of ether oxygens (including phenoxy) is 1. The van der Waals surface area contributed by atoms with Crippen molar-refractivity contribution in [2.45, 2.75) is 19.6 Å². The molecular weight excluding hydrogens is 385 g/mol. The van der Waals surface area contributed by atoms with Crippen molar-refractivity contribution in [1.82, 2.24) is 30.2 Å². The van der Waals surface area contributed by atoms with Gasteiger partial charge in [-0.15, -0.1) is 0 Å². The first kappa shape index (κ1) is 18.5. The van der Waals surface area contributed by atoms with Crippen LogP contribution in [0.3, 0.4) is 0 Å². The summed E-state index contributed by atoms with van der Waals surface area (Å²) in [5.41, 5.74) is 0.428. The van der Waals surface area contributed by atoms with Crippen LogP contribution in [0.4, 0.5) is 14.9 Å². The number of benzene rings is 1. The van der Waals surface area contributed by atoms with Gasteiger partial charge in [-0.25, -0.2) is 18.9 Å². The summed E-state index contributed by atoms with van der Waals surface area (Å²) in [5, 5.41) is 10.3. The van der Waals surface area contributed by atoms with E-state index in [1.54, 1.807) is 6.07 Å². The van der Waals surface area contributed by atoms with Crippen LogP contribution in [0.1, 0.15) is 12.7 Å². The normalized spacial score (nSPS) is 16.1. The lowest BCUT2D eigenvalue weighted by molar-refractivity contribution is -0.119. The number of carbonyl (C=O) groups is 2. The molecule has 0 radical (unpaired) electrons. The van der Waals surface area contributed by atoms with Crippen molar-refractivity contribution in [2.24, 2.45) is 0 Å². The fourth-order valence-corrected chi connectivity index (χ4v) is 2.83. The monoisotopic (exact) mass is 401 g/mol. The Morgan fingerprint density at radius 1 is 1.41 bits per heavy atom. The molecule has 3 aromatic rings. The van der Waals surface area contributed by atoms with E-state index in [4.69, 9.17) is 9.26 Å². The Balaban J connectivity index is 1.48. The second-order valence-corrected chi connectivity index (χ2v) is 6.33. The third kappa shape index (κ3) is 4.05. The highest BCUT2D eigenvalue weighted by Gasteiger charge is 2.33. The Morgan fingerprint density at radius 3 is 3.00 bits per heavy atom. The Bertz CT molecular complexity index is 1040. The molecule has 0 spiro atoms. The average molecular weight is 401 g/mol. The predicted octanol–water partition coefficient (Wildman–Crippen LogP) is 0.977. The zero-order valence-electron chi connectivity index (χ0n) is 15.3. The van der Waals surface area contributed by atoms with Gasteiger partial charge in [0.1, 0.15) is 31.1 Å². The zero-order valence-corrected chi connectivity index (χ0v) is 15.3. The first-order chi connectivity index (χ1) is 14.0. The smallest absolute Gasteiger partial charge is 0.414 e. The topological polar surface area (TPSA) is 128 Å². The summed E-state index contributed by atoms with van der Waals surface area (Å²) in [6.45, 7) is 1.99. The predicted molar refractivity (Wildman–Crippen MR) is 95.1 cm³/mol. The number of rotatable bonds is 6. The van der Waals surface area contributed by atoms with Gasteiger partial charge in [0.15, 0.2) is 5.82 Å². The molecule has 4 rings (SSSR count). The number of aromatic nitrogens is 5. The highest BCUT2D eigenvalue weighted by atomic mass is 19.1. The second-order valence-electron chi connectivity index (χ2n) is 6.33. The van der Waals surface area contributed by atoms with Crippen LogP contribution in [0.25, 0.3) is 11.5 Å². The van der Waals surface area contributed by atoms with Crippen LogP contribution in [0.15, 0.2) is 35.4 Å². The summed E-state index contributed by atoms with van der Waals surface area (Å²) in [6.07, 6.45) is 1.76. The lowest BCUT2D eigenvalue weighted by atomic mass is 10.1. The van der Waals surface area contributed by atoms with Crippen molar-refractivity contribution in [3.63, 3.8) is 0 Å². The third-order valence-corrected chi connectivity index (χ3v) is 4.19. The van der Waals surface area contributed by atoms with Crippen LogP contribution >= 0.6 is 0 Å². The van der Waals surface area contributed by atoms with Gasteiger partial charge >= 0.3 is 6.09 Å². The van der Waals surface area contributed by atoms with Crippen LogP contribution in [-0.4, -0.2) is 56.1 Å². The Morgan fingerprint density at radius 2 is 2.28 bits per heavy atom. The number of halogens is 1. The minimum atomic E-state index is -0.628. The van der Waals surface area contributed by atoms with Crippen molar-refractivity contribution in [3.05, 3.63) is 42.5 Å². The molecule has 12 heteroatoms. The Hall–Kier alpha value is -3.83. The number of anilines is 1. The van der Waals surface area contributed by atoms with Gasteiger partial charge in [-0.1, -0.05) is 5.16 Å². The van der Waals surface area contributed by atoms with Gasteiger partial charge in [-0.3, -0.25) is 9.69 Å². The van der Waals surface area contributed by atoms with E-state index in [9.17, 15) is 14.0 Å². The first-order valence-corrected chi connectivity index (χ1v) is 8.67. The van der Waals surface area contributed by atoms with E-state index in [-0.39, 0.29) is 37.0 Å². The Labute approximate surface area is 163 Å². The molecule has 29 heavy (non-hydrogen) atoms. The second kappa shape index (κ2) is 7.66. The maximum Gasteiger partial charge on any atom is 0.414 e. The molecule has 3 heterocycles. The molecule has 0 bridgehead atoms. The minimum absolute atomic E-state index is 0.0108. The number of nitrogens with one attached hydrogen (secondary N) is 1. The quantitative estimate of drug-likeness (QED) is 0.647. The van der Waals surface area contributed by atoms with E-state index in [0.717, 1.165) is 0 Å². The van der Waals surface area contributed by atoms with Crippen molar-refractivity contribution in [1.29, 1.82) is 0 Å². The number of hydrogen-bond donors (Lipinski definition) is 1. The molecule has 2 amide bonds. The molecule has 1 aliphatic heterocycles. The number of nitrogens with zero attached hydrogens (tertiary/aromatic N) is 6. The first-order valence-electron chi connectivity index (χ1n) is 8.67. The largest absolute Gasteiger partial charge is 0.442 e. The van der Waals surface area contributed by atoms with Crippen molar-refractivity contribution >= 4 is 17.7 Å². The third-order valence-electron chi connectivity index (χ3n) is 4.19. The maximum absolute atomic E-state index is 14.7. The van der Waals surface area contributed by atoms with Gasteiger partial charge in [-0.2, -0.15) is 10.1 Å². The van der Waals surface area contributed by atoms with E-state index in [1.807, 2.05) is 0 Å². The van der Waals surface area contributed by atoms with Gasteiger partial charge in [0.2, 0.25) is 5.91 Å². The molecule has 2 aromatic heterocycles. The average Bonchev–Trinajstić information content (AvgIpc) is 3.42. The van der Waals surface area contributed by atoms with Crippen LogP contribution < -0.4 is 10.2 Å². The number of amides is 2. The summed E-state index contributed by atoms with van der Waals surface area (Å²) in [4.78, 5) is 32.3. The molecule has 1 atom stereocenters. The van der Waals surface area contributed by atoms with Gasteiger partial charge in [0, 0.05) is 6.92 Å². The fraction of sp³-hybridized carbons (Fsp3) is 0.294. The zero-order chi connectivity index (χ0) is 20.4. The number of carbonyl (C=O) groups excluding carboxylic acids is 2. The molecule has 1 aromatic carbocycles. The molecule has 0 aliphatic carbocycles. The Kier molecular flexibility index (Phi) is 4.89. The maximum atomic E-state index is 14.7. The summed E-state index contributed by atoms with van der Waals surface area (Å²) in [6, 6.07) is 4.20.